The first-order valence-electron chi connectivity index (χ1n) is 11.8. The van der Waals surface area contributed by atoms with E-state index in [4.69, 9.17) is 0 Å². The van der Waals surface area contributed by atoms with E-state index in [1.54, 1.807) is 25.1 Å². The molecule has 0 spiro atoms. The topological polar surface area (TPSA) is 103 Å². The molecule has 1 aliphatic heterocycles. The third-order valence-electron chi connectivity index (χ3n) is 6.42. The number of hydrogen-bond donors (Lipinski definition) is 3. The average molecular weight is 466 g/mol. The second-order valence-corrected chi connectivity index (χ2v) is 9.17. The maximum absolute atomic E-state index is 13.7. The lowest BCUT2D eigenvalue weighted by Gasteiger charge is -2.31. The number of likely N-dealkylation sites (N-methyl/N-ethyl adjacent to an activating group) is 1. The van der Waals surface area contributed by atoms with Gasteiger partial charge in [0.2, 0.25) is 11.8 Å². The predicted molar refractivity (Wildman–Crippen MR) is 132 cm³/mol. The average Bonchev–Trinajstić information content (AvgIpc) is 3.22. The summed E-state index contributed by atoms with van der Waals surface area (Å²) in [5.41, 5.74) is 1.88. The number of nitrogens with one attached hydrogen (secondary N) is 3. The molecule has 0 fully saturated rings. The standard InChI is InChI=1S/C26H35N5O3/c1-16(2)22(30-25(33)18(4)27-5)26(34)31-21(14-20-12-9-13-28-23(20)31)15-29-24(32)17(3)19-10-7-6-8-11-19/h6-13,16-18,21-22,27H,14-15H2,1-5H3,(H,29,32)(H,30,33)/t17?,18-,21-,22-/m0/s1. The van der Waals surface area contributed by atoms with Crippen LogP contribution in [0.25, 0.3) is 0 Å². The molecule has 0 radical (unpaired) electrons. The van der Waals surface area contributed by atoms with Crippen LogP contribution in [-0.4, -0.2) is 54.4 Å². The fourth-order valence-electron chi connectivity index (χ4n) is 4.11. The maximum atomic E-state index is 13.7. The zero-order chi connectivity index (χ0) is 24.8. The van der Waals surface area contributed by atoms with Crippen molar-refractivity contribution in [3.05, 3.63) is 59.8 Å². The Bertz CT molecular complexity index is 1010. The Hall–Kier alpha value is -3.26. The number of carbonyl (C=O) groups is 3. The van der Waals surface area contributed by atoms with E-state index in [1.807, 2.05) is 63.2 Å². The van der Waals surface area contributed by atoms with Crippen molar-refractivity contribution in [3.8, 4) is 0 Å². The Balaban J connectivity index is 1.78. The van der Waals surface area contributed by atoms with E-state index in [0.29, 0.717) is 18.8 Å². The van der Waals surface area contributed by atoms with Crippen molar-refractivity contribution < 1.29 is 14.4 Å². The van der Waals surface area contributed by atoms with Gasteiger partial charge in [0.25, 0.3) is 5.91 Å². The zero-order valence-corrected chi connectivity index (χ0v) is 20.5. The summed E-state index contributed by atoms with van der Waals surface area (Å²) in [5.74, 6) is -0.404. The lowest BCUT2D eigenvalue weighted by molar-refractivity contribution is -0.129. The minimum atomic E-state index is -0.710. The van der Waals surface area contributed by atoms with Gasteiger partial charge in [0.1, 0.15) is 11.9 Å². The number of carbonyl (C=O) groups excluding carboxylic acids is 3. The monoisotopic (exact) mass is 465 g/mol. The third-order valence-corrected chi connectivity index (χ3v) is 6.42. The van der Waals surface area contributed by atoms with Gasteiger partial charge in [-0.15, -0.1) is 0 Å². The molecule has 3 N–H and O–H groups in total. The van der Waals surface area contributed by atoms with Gasteiger partial charge < -0.3 is 16.0 Å². The molecule has 3 rings (SSSR count). The largest absolute Gasteiger partial charge is 0.353 e. The number of rotatable bonds is 9. The molecule has 182 valence electrons. The SMILES string of the molecule is CN[C@@H](C)C(=O)N[C@H](C(=O)N1c2ncccc2C[C@H]1CNC(=O)C(C)c1ccccc1)C(C)C. The highest BCUT2D eigenvalue weighted by atomic mass is 16.2. The Morgan fingerprint density at radius 1 is 1.03 bits per heavy atom. The van der Waals surface area contributed by atoms with Gasteiger partial charge in [0, 0.05) is 12.7 Å². The molecule has 0 saturated carbocycles. The summed E-state index contributed by atoms with van der Waals surface area (Å²) >= 11 is 0. The summed E-state index contributed by atoms with van der Waals surface area (Å²) in [6.07, 6.45) is 2.24. The van der Waals surface area contributed by atoms with E-state index in [9.17, 15) is 14.4 Å². The lowest BCUT2D eigenvalue weighted by Crippen LogP contribution is -2.57. The van der Waals surface area contributed by atoms with Crippen molar-refractivity contribution in [2.45, 2.75) is 58.2 Å². The molecule has 3 amide bonds. The number of anilines is 1. The van der Waals surface area contributed by atoms with Gasteiger partial charge in [-0.1, -0.05) is 50.2 Å². The molecule has 1 aromatic carbocycles. The highest BCUT2D eigenvalue weighted by Crippen LogP contribution is 2.31. The van der Waals surface area contributed by atoms with Gasteiger partial charge in [-0.25, -0.2) is 4.98 Å². The van der Waals surface area contributed by atoms with Crippen molar-refractivity contribution in [1.82, 2.24) is 20.9 Å². The number of nitrogens with zero attached hydrogens (tertiary/aromatic N) is 2. The molecule has 2 heterocycles. The van der Waals surface area contributed by atoms with Crippen LogP contribution in [0.1, 0.15) is 44.7 Å². The van der Waals surface area contributed by atoms with Gasteiger partial charge in [0.05, 0.1) is 18.0 Å². The molecule has 0 bridgehead atoms. The van der Waals surface area contributed by atoms with E-state index in [0.717, 1.165) is 11.1 Å². The number of fused-ring (bicyclic) bond motifs is 1. The van der Waals surface area contributed by atoms with Crippen LogP contribution in [0.15, 0.2) is 48.7 Å². The molecule has 1 unspecified atom stereocenters. The van der Waals surface area contributed by atoms with E-state index >= 15 is 0 Å². The van der Waals surface area contributed by atoms with Gasteiger partial charge in [-0.2, -0.15) is 0 Å². The molecular weight excluding hydrogens is 430 g/mol. The molecule has 34 heavy (non-hydrogen) atoms. The fraction of sp³-hybridized carbons (Fsp3) is 0.462. The number of benzene rings is 1. The predicted octanol–water partition coefficient (Wildman–Crippen LogP) is 2.01. The third kappa shape index (κ3) is 5.62. The number of hydrogen-bond acceptors (Lipinski definition) is 5. The highest BCUT2D eigenvalue weighted by Gasteiger charge is 2.40. The quantitative estimate of drug-likeness (QED) is 0.526. The Labute approximate surface area is 201 Å². The maximum Gasteiger partial charge on any atom is 0.251 e. The number of aromatic nitrogens is 1. The van der Waals surface area contributed by atoms with Crippen molar-refractivity contribution in [1.29, 1.82) is 0 Å². The first kappa shape index (κ1) is 25.4. The van der Waals surface area contributed by atoms with Crippen LogP contribution in [-0.2, 0) is 20.8 Å². The van der Waals surface area contributed by atoms with Gasteiger partial charge in [0.15, 0.2) is 0 Å². The van der Waals surface area contributed by atoms with Crippen LogP contribution in [0.3, 0.4) is 0 Å². The molecule has 2 aromatic rings. The summed E-state index contributed by atoms with van der Waals surface area (Å²) in [6, 6.07) is 12.0. The molecule has 0 saturated heterocycles. The van der Waals surface area contributed by atoms with Crippen LogP contribution in [0.5, 0.6) is 0 Å². The second kappa shape index (κ2) is 11.2. The van der Waals surface area contributed by atoms with Crippen LogP contribution in [0.4, 0.5) is 5.82 Å². The molecule has 8 nitrogen and oxygen atoms in total. The highest BCUT2D eigenvalue weighted by molar-refractivity contribution is 6.01. The van der Waals surface area contributed by atoms with E-state index in [-0.39, 0.29) is 35.6 Å². The lowest BCUT2D eigenvalue weighted by atomic mass is 10.00. The van der Waals surface area contributed by atoms with Crippen LogP contribution < -0.4 is 20.9 Å². The van der Waals surface area contributed by atoms with Crippen molar-refractivity contribution >= 4 is 23.5 Å². The molecule has 0 aliphatic carbocycles. The number of pyridine rings is 1. The summed E-state index contributed by atoms with van der Waals surface area (Å²) in [6.45, 7) is 7.72. The van der Waals surface area contributed by atoms with Crippen molar-refractivity contribution in [2.24, 2.45) is 5.92 Å². The van der Waals surface area contributed by atoms with Crippen LogP contribution in [0.2, 0.25) is 0 Å². The molecule has 1 aliphatic rings. The summed E-state index contributed by atoms with van der Waals surface area (Å²) < 4.78 is 0. The Kier molecular flexibility index (Phi) is 8.39. The smallest absolute Gasteiger partial charge is 0.251 e. The Morgan fingerprint density at radius 2 is 1.74 bits per heavy atom. The molecular formula is C26H35N5O3. The fourth-order valence-corrected chi connectivity index (χ4v) is 4.11. The summed E-state index contributed by atoms with van der Waals surface area (Å²) in [5, 5.41) is 8.81. The normalized spacial score (nSPS) is 17.6. The first-order valence-corrected chi connectivity index (χ1v) is 11.8. The molecule has 1 aromatic heterocycles. The van der Waals surface area contributed by atoms with E-state index < -0.39 is 12.1 Å². The zero-order valence-electron chi connectivity index (χ0n) is 20.5. The minimum absolute atomic E-state index is 0.0981. The van der Waals surface area contributed by atoms with Gasteiger partial charge in [-0.05, 0) is 50.4 Å². The van der Waals surface area contributed by atoms with E-state index in [2.05, 4.69) is 20.9 Å². The summed E-state index contributed by atoms with van der Waals surface area (Å²) in [7, 11) is 1.70. The molecule has 4 atom stereocenters. The second-order valence-electron chi connectivity index (χ2n) is 9.17. The number of amides is 3. The Morgan fingerprint density at radius 3 is 2.38 bits per heavy atom. The summed E-state index contributed by atoms with van der Waals surface area (Å²) in [4.78, 5) is 45.3. The van der Waals surface area contributed by atoms with Crippen molar-refractivity contribution in [3.63, 3.8) is 0 Å². The van der Waals surface area contributed by atoms with Crippen LogP contribution in [0, 0.1) is 5.92 Å². The van der Waals surface area contributed by atoms with E-state index in [1.165, 1.54) is 0 Å². The first-order chi connectivity index (χ1) is 16.2. The minimum Gasteiger partial charge on any atom is -0.353 e. The van der Waals surface area contributed by atoms with Gasteiger partial charge >= 0.3 is 0 Å². The van der Waals surface area contributed by atoms with Crippen molar-refractivity contribution in [2.75, 3.05) is 18.5 Å². The molecule has 8 heteroatoms. The van der Waals surface area contributed by atoms with Gasteiger partial charge in [-0.3, -0.25) is 19.3 Å². The van der Waals surface area contributed by atoms with Crippen LogP contribution >= 0.6 is 0 Å².